The van der Waals surface area contributed by atoms with Crippen LogP contribution in [-0.2, 0) is 6.54 Å². The van der Waals surface area contributed by atoms with Gasteiger partial charge in [-0.1, -0.05) is 30.7 Å². The van der Waals surface area contributed by atoms with E-state index >= 15 is 0 Å². The Morgan fingerprint density at radius 3 is 3.00 bits per heavy atom. The molecule has 0 bridgehead atoms. The second-order valence-electron chi connectivity index (χ2n) is 3.86. The van der Waals surface area contributed by atoms with Crippen LogP contribution in [0.4, 0.5) is 0 Å². The van der Waals surface area contributed by atoms with E-state index < -0.39 is 0 Å². The van der Waals surface area contributed by atoms with Crippen molar-refractivity contribution < 1.29 is 0 Å². The Labute approximate surface area is 111 Å². The highest BCUT2D eigenvalue weighted by Gasteiger charge is 2.09. The predicted octanol–water partition coefficient (Wildman–Crippen LogP) is 4.04. The fourth-order valence-electron chi connectivity index (χ4n) is 1.77. The molecule has 0 aliphatic carbocycles. The van der Waals surface area contributed by atoms with Crippen LogP contribution in [0.3, 0.4) is 0 Å². The molecule has 2 nitrogen and oxygen atoms in total. The first-order valence-corrected chi connectivity index (χ1v) is 6.91. The molecule has 1 unspecified atom stereocenters. The largest absolute Gasteiger partial charge is 0.305 e. The molecule has 0 radical (unpaired) electrons. The molecule has 1 N–H and O–H groups in total. The molecule has 1 aromatic carbocycles. The van der Waals surface area contributed by atoms with E-state index in [1.54, 1.807) is 11.3 Å². The topological polar surface area (TPSA) is 24.9 Å². The standard InChI is InChI=1S/C13H15ClN2S/c1-2-13(10-4-3-5-11(14)6-10)16-8-12-7-15-9-17-12/h3-7,9,13,16H,2,8H2,1H3. The lowest BCUT2D eigenvalue weighted by Crippen LogP contribution is -2.19. The Balaban J connectivity index is 2.01. The lowest BCUT2D eigenvalue weighted by molar-refractivity contribution is 0.522. The average Bonchev–Trinajstić information content (AvgIpc) is 2.83. The molecule has 0 aliphatic rings. The van der Waals surface area contributed by atoms with E-state index in [1.165, 1.54) is 10.4 Å². The second-order valence-corrected chi connectivity index (χ2v) is 5.27. The van der Waals surface area contributed by atoms with Crippen LogP contribution in [0.25, 0.3) is 0 Å². The van der Waals surface area contributed by atoms with Crippen molar-refractivity contribution in [3.63, 3.8) is 0 Å². The molecular formula is C13H15ClN2S. The number of hydrogen-bond donors (Lipinski definition) is 1. The molecule has 17 heavy (non-hydrogen) atoms. The van der Waals surface area contributed by atoms with E-state index in [9.17, 15) is 0 Å². The molecule has 1 aromatic heterocycles. The number of benzene rings is 1. The fourth-order valence-corrected chi connectivity index (χ4v) is 2.52. The zero-order valence-electron chi connectivity index (χ0n) is 9.69. The Morgan fingerprint density at radius 1 is 1.47 bits per heavy atom. The molecule has 0 spiro atoms. The first-order valence-electron chi connectivity index (χ1n) is 5.66. The number of rotatable bonds is 5. The van der Waals surface area contributed by atoms with Crippen LogP contribution in [0.2, 0.25) is 5.02 Å². The average molecular weight is 267 g/mol. The molecule has 2 rings (SSSR count). The van der Waals surface area contributed by atoms with Crippen LogP contribution >= 0.6 is 22.9 Å². The molecule has 4 heteroatoms. The number of nitrogens with one attached hydrogen (secondary N) is 1. The summed E-state index contributed by atoms with van der Waals surface area (Å²) < 4.78 is 0. The van der Waals surface area contributed by atoms with Crippen LogP contribution in [0, 0.1) is 0 Å². The molecule has 0 amide bonds. The predicted molar refractivity (Wildman–Crippen MR) is 73.4 cm³/mol. The summed E-state index contributed by atoms with van der Waals surface area (Å²) in [4.78, 5) is 5.33. The smallest absolute Gasteiger partial charge is 0.0794 e. The van der Waals surface area contributed by atoms with E-state index in [2.05, 4.69) is 23.3 Å². The lowest BCUT2D eigenvalue weighted by atomic mass is 10.0. The number of aromatic nitrogens is 1. The molecule has 0 saturated carbocycles. The van der Waals surface area contributed by atoms with Crippen LogP contribution in [0.1, 0.15) is 29.8 Å². The van der Waals surface area contributed by atoms with Crippen molar-refractivity contribution in [3.8, 4) is 0 Å². The van der Waals surface area contributed by atoms with E-state index in [0.717, 1.165) is 18.0 Å². The summed E-state index contributed by atoms with van der Waals surface area (Å²) in [7, 11) is 0. The zero-order chi connectivity index (χ0) is 12.1. The van der Waals surface area contributed by atoms with E-state index in [0.29, 0.717) is 6.04 Å². The Morgan fingerprint density at radius 2 is 2.35 bits per heavy atom. The van der Waals surface area contributed by atoms with Crippen molar-refractivity contribution in [1.82, 2.24) is 10.3 Å². The molecule has 1 atom stereocenters. The van der Waals surface area contributed by atoms with E-state index in [4.69, 9.17) is 11.6 Å². The first-order chi connectivity index (χ1) is 8.29. The summed E-state index contributed by atoms with van der Waals surface area (Å²) in [6.45, 7) is 3.03. The molecular weight excluding hydrogens is 252 g/mol. The molecule has 0 saturated heterocycles. The molecule has 90 valence electrons. The summed E-state index contributed by atoms with van der Waals surface area (Å²) in [5, 5.41) is 4.32. The van der Waals surface area contributed by atoms with Gasteiger partial charge in [0.2, 0.25) is 0 Å². The Bertz CT molecular complexity index is 456. The first kappa shape index (κ1) is 12.6. The lowest BCUT2D eigenvalue weighted by Gasteiger charge is -2.17. The van der Waals surface area contributed by atoms with Crippen LogP contribution in [0.5, 0.6) is 0 Å². The maximum Gasteiger partial charge on any atom is 0.0794 e. The van der Waals surface area contributed by atoms with Crippen LogP contribution < -0.4 is 5.32 Å². The maximum atomic E-state index is 6.01. The normalized spacial score (nSPS) is 12.6. The van der Waals surface area contributed by atoms with Crippen LogP contribution in [0.15, 0.2) is 36.0 Å². The molecule has 0 fully saturated rings. The van der Waals surface area contributed by atoms with Gasteiger partial charge in [0.05, 0.1) is 5.51 Å². The number of halogens is 1. The van der Waals surface area contributed by atoms with Crippen molar-refractivity contribution in [2.24, 2.45) is 0 Å². The van der Waals surface area contributed by atoms with Gasteiger partial charge in [0, 0.05) is 28.7 Å². The van der Waals surface area contributed by atoms with Gasteiger partial charge in [-0.25, -0.2) is 0 Å². The molecule has 0 aliphatic heterocycles. The van der Waals surface area contributed by atoms with Crippen molar-refractivity contribution in [1.29, 1.82) is 0 Å². The van der Waals surface area contributed by atoms with Gasteiger partial charge >= 0.3 is 0 Å². The summed E-state index contributed by atoms with van der Waals surface area (Å²) in [6, 6.07) is 8.38. The third-order valence-corrected chi connectivity index (χ3v) is 3.68. The third kappa shape index (κ3) is 3.53. The highest BCUT2D eigenvalue weighted by Crippen LogP contribution is 2.21. The quantitative estimate of drug-likeness (QED) is 0.884. The van der Waals surface area contributed by atoms with E-state index in [1.807, 2.05) is 29.9 Å². The maximum absolute atomic E-state index is 6.01. The van der Waals surface area contributed by atoms with Crippen molar-refractivity contribution in [2.45, 2.75) is 25.9 Å². The highest BCUT2D eigenvalue weighted by molar-refractivity contribution is 7.09. The minimum atomic E-state index is 0.343. The van der Waals surface area contributed by atoms with Crippen LogP contribution in [-0.4, -0.2) is 4.98 Å². The van der Waals surface area contributed by atoms with Gasteiger partial charge in [-0.3, -0.25) is 4.98 Å². The fraction of sp³-hybridized carbons (Fsp3) is 0.308. The second kappa shape index (κ2) is 6.15. The van der Waals surface area contributed by atoms with Gasteiger partial charge in [0.25, 0.3) is 0 Å². The summed E-state index contributed by atoms with van der Waals surface area (Å²) in [5.74, 6) is 0. The summed E-state index contributed by atoms with van der Waals surface area (Å²) in [6.07, 6.45) is 2.95. The van der Waals surface area contributed by atoms with Crippen molar-refractivity contribution in [2.75, 3.05) is 0 Å². The van der Waals surface area contributed by atoms with Gasteiger partial charge in [-0.15, -0.1) is 11.3 Å². The number of hydrogen-bond acceptors (Lipinski definition) is 3. The summed E-state index contributed by atoms with van der Waals surface area (Å²) in [5.41, 5.74) is 3.10. The number of nitrogens with zero attached hydrogens (tertiary/aromatic N) is 1. The van der Waals surface area contributed by atoms with Gasteiger partial charge in [-0.05, 0) is 24.1 Å². The van der Waals surface area contributed by atoms with Gasteiger partial charge in [-0.2, -0.15) is 0 Å². The van der Waals surface area contributed by atoms with E-state index in [-0.39, 0.29) is 0 Å². The highest BCUT2D eigenvalue weighted by atomic mass is 35.5. The zero-order valence-corrected chi connectivity index (χ0v) is 11.3. The minimum absolute atomic E-state index is 0.343. The molecule has 1 heterocycles. The minimum Gasteiger partial charge on any atom is -0.305 e. The SMILES string of the molecule is CCC(NCc1cncs1)c1cccc(Cl)c1. The monoisotopic (exact) mass is 266 g/mol. The third-order valence-electron chi connectivity index (χ3n) is 2.67. The molecule has 2 aromatic rings. The Hall–Kier alpha value is -0.900. The van der Waals surface area contributed by atoms with Gasteiger partial charge in [0.1, 0.15) is 0 Å². The van der Waals surface area contributed by atoms with Crippen molar-refractivity contribution >= 4 is 22.9 Å². The van der Waals surface area contributed by atoms with Gasteiger partial charge in [0.15, 0.2) is 0 Å². The number of thiazole rings is 1. The Kier molecular flexibility index (Phi) is 4.54. The summed E-state index contributed by atoms with van der Waals surface area (Å²) >= 11 is 7.68. The van der Waals surface area contributed by atoms with Gasteiger partial charge < -0.3 is 5.32 Å². The van der Waals surface area contributed by atoms with Crippen molar-refractivity contribution in [3.05, 3.63) is 51.4 Å².